The zero-order valence-corrected chi connectivity index (χ0v) is 25.5. The van der Waals surface area contributed by atoms with Gasteiger partial charge in [0.25, 0.3) is 0 Å². The first kappa shape index (κ1) is 30.2. The van der Waals surface area contributed by atoms with Crippen molar-refractivity contribution < 1.29 is 24.5 Å². The van der Waals surface area contributed by atoms with E-state index in [1.54, 1.807) is 18.2 Å². The molecule has 4 aliphatic heterocycles. The van der Waals surface area contributed by atoms with E-state index in [2.05, 4.69) is 18.1 Å². The molecule has 224 valence electrons. The van der Waals surface area contributed by atoms with Gasteiger partial charge in [-0.1, -0.05) is 25.3 Å². The van der Waals surface area contributed by atoms with Crippen LogP contribution >= 0.6 is 0 Å². The first-order chi connectivity index (χ1) is 21.0. The summed E-state index contributed by atoms with van der Waals surface area (Å²) in [6.45, 7) is 15.8. The Morgan fingerprint density at radius 2 is 1.41 bits per heavy atom. The van der Waals surface area contributed by atoms with Crippen LogP contribution in [0.4, 0.5) is 0 Å². The molecule has 4 aliphatic rings. The van der Waals surface area contributed by atoms with E-state index in [1.165, 1.54) is 7.11 Å². The number of aliphatic hydroxyl groups is 1. The van der Waals surface area contributed by atoms with Gasteiger partial charge < -0.3 is 19.9 Å². The summed E-state index contributed by atoms with van der Waals surface area (Å²) in [4.78, 5) is 41.9. The molecule has 9 heteroatoms. The minimum atomic E-state index is -0.920. The molecule has 0 aliphatic carbocycles. The van der Waals surface area contributed by atoms with Gasteiger partial charge in [0.05, 0.1) is 46.7 Å². The molecule has 0 unspecified atom stereocenters. The number of aromatic nitrogens is 1. The molecule has 0 amide bonds. The van der Waals surface area contributed by atoms with Crippen LogP contribution in [0.15, 0.2) is 103 Å². The molecule has 0 fully saturated rings. The first-order valence-electron chi connectivity index (χ1n) is 14.2. The third-order valence-corrected chi connectivity index (χ3v) is 8.25. The number of ether oxygens (including phenoxy) is 1. The molecule has 1 aromatic rings. The number of carbonyl (C=O) groups is 2. The first-order valence-corrected chi connectivity index (χ1v) is 14.2. The van der Waals surface area contributed by atoms with Crippen molar-refractivity contribution in [2.24, 2.45) is 15.0 Å². The summed E-state index contributed by atoms with van der Waals surface area (Å²) in [5.74, 6) is -1.67. The van der Waals surface area contributed by atoms with Gasteiger partial charge in [0.15, 0.2) is 0 Å². The van der Waals surface area contributed by atoms with Crippen LogP contribution in [0.3, 0.4) is 0 Å². The Hall–Kier alpha value is -5.31. The molecule has 0 atom stereocenters. The summed E-state index contributed by atoms with van der Waals surface area (Å²) in [6, 6.07) is 0. The highest BCUT2D eigenvalue weighted by atomic mass is 16.5. The fourth-order valence-electron chi connectivity index (χ4n) is 5.75. The second-order valence-electron chi connectivity index (χ2n) is 10.9. The number of H-pyrrole nitrogens is 1. The summed E-state index contributed by atoms with van der Waals surface area (Å²) >= 11 is 0. The number of hydrogen-bond donors (Lipinski definition) is 3. The van der Waals surface area contributed by atoms with Crippen molar-refractivity contribution in [1.82, 2.24) is 4.98 Å². The molecule has 9 nitrogen and oxygen atoms in total. The number of aliphatic hydroxyl groups excluding tert-OH is 1. The molecule has 0 spiro atoms. The van der Waals surface area contributed by atoms with Crippen LogP contribution in [0.1, 0.15) is 51.3 Å². The van der Waals surface area contributed by atoms with Crippen molar-refractivity contribution in [3.05, 3.63) is 110 Å². The number of aromatic amines is 1. The Kier molecular flexibility index (Phi) is 8.06. The van der Waals surface area contributed by atoms with Gasteiger partial charge in [0, 0.05) is 28.5 Å². The number of aliphatic carboxylic acids is 1. The van der Waals surface area contributed by atoms with Gasteiger partial charge in [0.1, 0.15) is 12.2 Å². The van der Waals surface area contributed by atoms with E-state index in [9.17, 15) is 19.8 Å². The molecule has 0 radical (unpaired) electrons. The average molecular weight is 591 g/mol. The quantitative estimate of drug-likeness (QED) is 0.384. The van der Waals surface area contributed by atoms with Crippen molar-refractivity contribution in [2.75, 3.05) is 7.11 Å². The molecule has 8 bridgehead atoms. The maximum absolute atomic E-state index is 12.1. The predicted octanol–water partition coefficient (Wildman–Crippen LogP) is 5.01. The highest BCUT2D eigenvalue weighted by Crippen LogP contribution is 2.34. The van der Waals surface area contributed by atoms with Crippen molar-refractivity contribution >= 4 is 47.0 Å². The van der Waals surface area contributed by atoms with Gasteiger partial charge in [-0.05, 0) is 86.3 Å². The van der Waals surface area contributed by atoms with Gasteiger partial charge in [-0.3, -0.25) is 9.59 Å². The van der Waals surface area contributed by atoms with Crippen molar-refractivity contribution in [2.45, 2.75) is 47.0 Å². The van der Waals surface area contributed by atoms with Crippen LogP contribution in [-0.2, 0) is 14.3 Å². The molecule has 5 rings (SSSR count). The highest BCUT2D eigenvalue weighted by Gasteiger charge is 2.26. The monoisotopic (exact) mass is 590 g/mol. The number of carboxylic acids is 1. The zero-order valence-electron chi connectivity index (χ0n) is 25.5. The number of fused-ring (bicyclic) bond motifs is 5. The fraction of sp³-hybridized carbons (Fsp3) is 0.229. The second kappa shape index (κ2) is 11.8. The normalized spacial score (nSPS) is 18.2. The van der Waals surface area contributed by atoms with Crippen molar-refractivity contribution in [3.63, 3.8) is 0 Å². The zero-order chi connectivity index (χ0) is 31.9. The summed E-state index contributed by atoms with van der Waals surface area (Å²) in [5.41, 5.74) is 10.7. The minimum Gasteiger partial charge on any atom is -0.511 e. The minimum absolute atomic E-state index is 0.0794. The van der Waals surface area contributed by atoms with Gasteiger partial charge in [-0.2, -0.15) is 0 Å². The second-order valence-corrected chi connectivity index (χ2v) is 10.9. The Balaban J connectivity index is 1.88. The van der Waals surface area contributed by atoms with Crippen molar-refractivity contribution in [3.8, 4) is 0 Å². The van der Waals surface area contributed by atoms with Crippen LogP contribution in [0.5, 0.6) is 0 Å². The molecule has 0 aromatic carbocycles. The lowest BCUT2D eigenvalue weighted by atomic mass is 9.98. The van der Waals surface area contributed by atoms with Crippen LogP contribution in [0.2, 0.25) is 0 Å². The number of nitrogens with zero attached hydrogens (tertiary/aromatic N) is 3. The number of esters is 1. The number of methoxy groups -OCH3 is 1. The van der Waals surface area contributed by atoms with Crippen LogP contribution in [0.25, 0.3) is 17.9 Å². The topological polar surface area (TPSA) is 137 Å². The smallest absolute Gasteiger partial charge is 0.313 e. The molecule has 0 saturated heterocycles. The third-order valence-electron chi connectivity index (χ3n) is 8.25. The number of rotatable bonds is 7. The molecular formula is C35H34N4O5. The Morgan fingerprint density at radius 3 is 1.98 bits per heavy atom. The van der Waals surface area contributed by atoms with Crippen LogP contribution in [0, 0.1) is 6.92 Å². The lowest BCUT2D eigenvalue weighted by Gasteiger charge is -2.04. The SMILES string of the molecule is C=CC1=C(C)C2=NC1=CC1=NC(=Cc3[nH]c(c(=C(O)CC(=O)OC)c3C)=CC3=NC(=C2)C(C)=C3CCC(=O)O)C(C=C)=C1C. The maximum Gasteiger partial charge on any atom is 0.313 e. The number of carboxylic acid groups (broad SMARTS) is 1. The number of aliphatic imine (C=N–C) groups is 3. The Bertz CT molecular complexity index is 1980. The number of allylic oxidation sites excluding steroid dienone is 8. The lowest BCUT2D eigenvalue weighted by molar-refractivity contribution is -0.140. The van der Waals surface area contributed by atoms with Gasteiger partial charge in [0.2, 0.25) is 0 Å². The third kappa shape index (κ3) is 5.32. The Labute approximate surface area is 255 Å². The molecular weight excluding hydrogens is 556 g/mol. The van der Waals surface area contributed by atoms with Crippen LogP contribution in [-0.4, -0.2) is 51.4 Å². The fourth-order valence-corrected chi connectivity index (χ4v) is 5.75. The lowest BCUT2D eigenvalue weighted by Crippen LogP contribution is -2.29. The summed E-state index contributed by atoms with van der Waals surface area (Å²) in [6.07, 6.45) is 10.9. The maximum atomic E-state index is 12.1. The van der Waals surface area contributed by atoms with E-state index < -0.39 is 11.9 Å². The number of nitrogens with one attached hydrogen (secondary N) is 1. The van der Waals surface area contributed by atoms with Gasteiger partial charge in [-0.15, -0.1) is 0 Å². The molecule has 0 saturated carbocycles. The Morgan fingerprint density at radius 1 is 0.841 bits per heavy atom. The molecule has 44 heavy (non-hydrogen) atoms. The van der Waals surface area contributed by atoms with E-state index in [-0.39, 0.29) is 25.0 Å². The van der Waals surface area contributed by atoms with E-state index in [1.807, 2.05) is 45.9 Å². The van der Waals surface area contributed by atoms with Gasteiger partial charge in [-0.25, -0.2) is 15.0 Å². The summed E-state index contributed by atoms with van der Waals surface area (Å²) in [5, 5.41) is 21.6. The summed E-state index contributed by atoms with van der Waals surface area (Å²) < 4.78 is 4.81. The van der Waals surface area contributed by atoms with E-state index in [4.69, 9.17) is 19.7 Å². The predicted molar refractivity (Wildman–Crippen MR) is 174 cm³/mol. The molecule has 3 N–H and O–H groups in total. The van der Waals surface area contributed by atoms with Crippen molar-refractivity contribution in [1.29, 1.82) is 0 Å². The number of hydrogen-bond acceptors (Lipinski definition) is 7. The van der Waals surface area contributed by atoms with Gasteiger partial charge >= 0.3 is 11.9 Å². The van der Waals surface area contributed by atoms with Crippen LogP contribution < -0.4 is 10.6 Å². The highest BCUT2D eigenvalue weighted by molar-refractivity contribution is 6.24. The summed E-state index contributed by atoms with van der Waals surface area (Å²) in [7, 11) is 1.26. The standard InChI is InChI=1S/C35H34N4O5/c1-8-21-17(3)24-12-25-19(5)23(10-11-33(41)42)30(38-25)15-31-35(32(40)16-34(43)44-7)20(6)27(39-31)14-29-22(9-2)18(4)26(37-29)13-28(21)36-24/h8-9,12-15,39-40H,1-2,10-11,16H2,3-7H3,(H,41,42). The molecule has 5 heterocycles. The van der Waals surface area contributed by atoms with E-state index >= 15 is 0 Å². The van der Waals surface area contributed by atoms with E-state index in [0.717, 1.165) is 50.6 Å². The average Bonchev–Trinajstić information content (AvgIpc) is 3.64. The van der Waals surface area contributed by atoms with E-state index in [0.29, 0.717) is 38.9 Å². The molecule has 1 aromatic heterocycles. The number of carbonyl (C=O) groups excluding carboxylic acids is 1. The largest absolute Gasteiger partial charge is 0.511 e.